The number of carbonyl (C=O) groups excluding carboxylic acids is 1. The maximum Gasteiger partial charge on any atom is 0.271 e. The molecular formula is C28H26Br2N2O2S. The molecule has 1 fully saturated rings. The number of hydrogen-bond acceptors (Lipinski definition) is 4. The number of ether oxygens (including phenoxy) is 1. The van der Waals surface area contributed by atoms with E-state index in [1.54, 1.807) is 4.90 Å². The predicted molar refractivity (Wildman–Crippen MR) is 155 cm³/mol. The molecule has 3 aromatic rings. The fourth-order valence-corrected chi connectivity index (χ4v) is 6.07. The maximum atomic E-state index is 13.5. The molecule has 1 amide bonds. The van der Waals surface area contributed by atoms with Crippen LogP contribution >= 0.6 is 43.6 Å². The lowest BCUT2D eigenvalue weighted by Gasteiger charge is -2.15. The third kappa shape index (κ3) is 6.66. The number of anilines is 1. The number of hydrogen-bond donors (Lipinski definition) is 0. The first kappa shape index (κ1) is 25.7. The van der Waals surface area contributed by atoms with Crippen molar-refractivity contribution in [2.24, 2.45) is 4.99 Å². The van der Waals surface area contributed by atoms with Gasteiger partial charge in [0.2, 0.25) is 0 Å². The fraction of sp³-hybridized carbons (Fsp3) is 0.214. The SMILES string of the molecule is CCCCCCOc1c(Br)cc(/C=C2/SC(=Nc3ccccc3)N(c3ccccc3)C2=O)cc1Br. The number of thioether (sulfide) groups is 1. The standard InChI is InChI=1S/C28H26Br2N2O2S/c1-2-3-4-11-16-34-26-23(29)17-20(18-24(26)30)19-25-27(33)32(22-14-9-6-10-15-22)28(35-25)31-21-12-7-5-8-13-21/h5-10,12-15,17-19H,2-4,11,16H2,1H3/b25-19+,31-28?. The third-order valence-electron chi connectivity index (χ3n) is 5.36. The molecule has 7 heteroatoms. The minimum absolute atomic E-state index is 0.0978. The summed E-state index contributed by atoms with van der Waals surface area (Å²) in [7, 11) is 0. The average Bonchev–Trinajstić information content (AvgIpc) is 3.15. The van der Waals surface area contributed by atoms with Gasteiger partial charge in [-0.05, 0) is 98.1 Å². The number of nitrogens with zero attached hydrogens (tertiary/aromatic N) is 2. The average molecular weight is 614 g/mol. The van der Waals surface area contributed by atoms with Crippen molar-refractivity contribution < 1.29 is 9.53 Å². The Bertz CT molecular complexity index is 1210. The summed E-state index contributed by atoms with van der Waals surface area (Å²) in [5.74, 6) is 0.686. The number of amides is 1. The highest BCUT2D eigenvalue weighted by Crippen LogP contribution is 2.40. The molecule has 3 aromatic carbocycles. The number of para-hydroxylation sites is 2. The molecule has 0 radical (unpaired) electrons. The molecule has 1 heterocycles. The van der Waals surface area contributed by atoms with E-state index in [0.717, 1.165) is 38.1 Å². The van der Waals surface area contributed by atoms with E-state index in [0.29, 0.717) is 16.7 Å². The molecule has 0 bridgehead atoms. The molecule has 35 heavy (non-hydrogen) atoms. The Balaban J connectivity index is 1.60. The van der Waals surface area contributed by atoms with Crippen LogP contribution in [0.15, 0.2) is 91.6 Å². The van der Waals surface area contributed by atoms with Crippen LogP contribution in [0.3, 0.4) is 0 Å². The van der Waals surface area contributed by atoms with Gasteiger partial charge in [-0.1, -0.05) is 62.6 Å². The van der Waals surface area contributed by atoms with Crippen LogP contribution in [0, 0.1) is 0 Å². The van der Waals surface area contributed by atoms with Gasteiger partial charge in [0, 0.05) is 0 Å². The summed E-state index contributed by atoms with van der Waals surface area (Å²) >= 11 is 8.65. The van der Waals surface area contributed by atoms with Crippen molar-refractivity contribution in [3.05, 3.63) is 92.2 Å². The highest BCUT2D eigenvalue weighted by atomic mass is 79.9. The van der Waals surface area contributed by atoms with Gasteiger partial charge in [0.15, 0.2) is 5.17 Å². The first-order valence-electron chi connectivity index (χ1n) is 11.6. The smallest absolute Gasteiger partial charge is 0.271 e. The fourth-order valence-electron chi connectivity index (χ4n) is 3.62. The van der Waals surface area contributed by atoms with Crippen molar-refractivity contribution in [3.63, 3.8) is 0 Å². The summed E-state index contributed by atoms with van der Waals surface area (Å²) in [4.78, 5) is 20.5. The van der Waals surface area contributed by atoms with E-state index >= 15 is 0 Å². The van der Waals surface area contributed by atoms with Crippen molar-refractivity contribution in [3.8, 4) is 5.75 Å². The monoisotopic (exact) mass is 612 g/mol. The van der Waals surface area contributed by atoms with Crippen LogP contribution in [-0.4, -0.2) is 17.7 Å². The van der Waals surface area contributed by atoms with Crippen LogP contribution in [0.1, 0.15) is 38.2 Å². The van der Waals surface area contributed by atoms with Crippen molar-refractivity contribution in [1.82, 2.24) is 0 Å². The summed E-state index contributed by atoms with van der Waals surface area (Å²) in [6.45, 7) is 2.88. The Morgan fingerprint density at radius 2 is 1.60 bits per heavy atom. The van der Waals surface area contributed by atoms with Gasteiger partial charge in [-0.15, -0.1) is 0 Å². The Labute approximate surface area is 227 Å². The lowest BCUT2D eigenvalue weighted by Crippen LogP contribution is -2.28. The third-order valence-corrected chi connectivity index (χ3v) is 7.51. The molecular weight excluding hydrogens is 588 g/mol. The highest BCUT2D eigenvalue weighted by Gasteiger charge is 2.34. The van der Waals surface area contributed by atoms with E-state index in [2.05, 4.69) is 38.8 Å². The lowest BCUT2D eigenvalue weighted by atomic mass is 10.2. The van der Waals surface area contributed by atoms with Gasteiger partial charge in [0.1, 0.15) is 5.75 Å². The van der Waals surface area contributed by atoms with Gasteiger partial charge >= 0.3 is 0 Å². The Hall–Kier alpha value is -2.35. The maximum absolute atomic E-state index is 13.5. The second-order valence-electron chi connectivity index (χ2n) is 8.04. The topological polar surface area (TPSA) is 41.9 Å². The van der Waals surface area contributed by atoms with Crippen LogP contribution in [-0.2, 0) is 4.79 Å². The van der Waals surface area contributed by atoms with Gasteiger partial charge in [0.25, 0.3) is 5.91 Å². The Morgan fingerprint density at radius 3 is 2.26 bits per heavy atom. The minimum Gasteiger partial charge on any atom is -0.491 e. The molecule has 1 aliphatic heterocycles. The van der Waals surface area contributed by atoms with Gasteiger partial charge in [-0.25, -0.2) is 4.99 Å². The summed E-state index contributed by atoms with van der Waals surface area (Å²) in [6.07, 6.45) is 6.52. The summed E-state index contributed by atoms with van der Waals surface area (Å²) < 4.78 is 7.70. The molecule has 0 aromatic heterocycles. The zero-order valence-electron chi connectivity index (χ0n) is 19.4. The number of unbranched alkanes of at least 4 members (excludes halogenated alkanes) is 3. The van der Waals surface area contributed by atoms with Gasteiger partial charge in [-0.3, -0.25) is 9.69 Å². The zero-order chi connectivity index (χ0) is 24.6. The van der Waals surface area contributed by atoms with Gasteiger partial charge < -0.3 is 4.74 Å². The molecule has 4 rings (SSSR count). The van der Waals surface area contributed by atoms with Crippen molar-refractivity contribution in [1.29, 1.82) is 0 Å². The lowest BCUT2D eigenvalue weighted by molar-refractivity contribution is -0.113. The number of carbonyl (C=O) groups is 1. The summed E-state index contributed by atoms with van der Waals surface area (Å²) in [5, 5.41) is 0.629. The zero-order valence-corrected chi connectivity index (χ0v) is 23.4. The van der Waals surface area contributed by atoms with E-state index < -0.39 is 0 Å². The first-order valence-corrected chi connectivity index (χ1v) is 14.0. The Morgan fingerprint density at radius 1 is 0.943 bits per heavy atom. The number of halogens is 2. The summed E-state index contributed by atoms with van der Waals surface area (Å²) in [5.41, 5.74) is 2.49. The molecule has 1 aliphatic rings. The molecule has 0 unspecified atom stereocenters. The first-order chi connectivity index (χ1) is 17.1. The number of amidine groups is 1. The number of benzene rings is 3. The second-order valence-corrected chi connectivity index (χ2v) is 10.8. The van der Waals surface area contributed by atoms with E-state index in [1.165, 1.54) is 31.0 Å². The number of aliphatic imine (C=N–C) groups is 1. The van der Waals surface area contributed by atoms with E-state index in [-0.39, 0.29) is 5.91 Å². The van der Waals surface area contributed by atoms with Crippen LogP contribution < -0.4 is 9.64 Å². The van der Waals surface area contributed by atoms with Crippen molar-refractivity contribution in [2.45, 2.75) is 32.6 Å². The van der Waals surface area contributed by atoms with E-state index in [9.17, 15) is 4.79 Å². The Kier molecular flexibility index (Phi) is 9.24. The summed E-state index contributed by atoms with van der Waals surface area (Å²) in [6, 6.07) is 23.3. The van der Waals surface area contributed by atoms with Gasteiger partial charge in [-0.2, -0.15) is 0 Å². The van der Waals surface area contributed by atoms with E-state index in [1.807, 2.05) is 78.9 Å². The molecule has 4 nitrogen and oxygen atoms in total. The minimum atomic E-state index is -0.0978. The molecule has 0 spiro atoms. The normalized spacial score (nSPS) is 15.9. The molecule has 0 saturated carbocycles. The molecule has 180 valence electrons. The van der Waals surface area contributed by atoms with E-state index in [4.69, 9.17) is 9.73 Å². The second kappa shape index (κ2) is 12.6. The largest absolute Gasteiger partial charge is 0.491 e. The van der Waals surface area contributed by atoms with Crippen LogP contribution in [0.2, 0.25) is 0 Å². The highest BCUT2D eigenvalue weighted by molar-refractivity contribution is 9.11. The molecule has 0 atom stereocenters. The van der Waals surface area contributed by atoms with Crippen LogP contribution in [0.4, 0.5) is 11.4 Å². The van der Waals surface area contributed by atoms with Gasteiger partial charge in [0.05, 0.1) is 31.8 Å². The molecule has 0 aliphatic carbocycles. The van der Waals surface area contributed by atoms with Crippen molar-refractivity contribution >= 4 is 72.1 Å². The number of rotatable bonds is 9. The van der Waals surface area contributed by atoms with Crippen LogP contribution in [0.5, 0.6) is 5.75 Å². The van der Waals surface area contributed by atoms with Crippen molar-refractivity contribution in [2.75, 3.05) is 11.5 Å². The van der Waals surface area contributed by atoms with Crippen LogP contribution in [0.25, 0.3) is 6.08 Å². The molecule has 0 N–H and O–H groups in total. The molecule has 1 saturated heterocycles. The quantitative estimate of drug-likeness (QED) is 0.179. The predicted octanol–water partition coefficient (Wildman–Crippen LogP) is 8.98.